The van der Waals surface area contributed by atoms with Gasteiger partial charge in [0, 0.05) is 23.6 Å². The summed E-state index contributed by atoms with van der Waals surface area (Å²) in [5.74, 6) is 0.524. The fourth-order valence-electron chi connectivity index (χ4n) is 1.28. The maximum atomic E-state index is 11.2. The number of sulfone groups is 1. The predicted octanol–water partition coefficient (Wildman–Crippen LogP) is 0.906. The summed E-state index contributed by atoms with van der Waals surface area (Å²) >= 11 is 1.89. The van der Waals surface area contributed by atoms with E-state index in [1.54, 1.807) is 6.92 Å². The van der Waals surface area contributed by atoms with Crippen LogP contribution in [0.2, 0.25) is 0 Å². The van der Waals surface area contributed by atoms with Crippen LogP contribution in [-0.2, 0) is 9.84 Å². The third-order valence-corrected chi connectivity index (χ3v) is 5.84. The van der Waals surface area contributed by atoms with Crippen molar-refractivity contribution in [3.63, 3.8) is 0 Å². The van der Waals surface area contributed by atoms with Crippen molar-refractivity contribution < 1.29 is 8.42 Å². The molecule has 0 aliphatic heterocycles. The highest BCUT2D eigenvalue weighted by Crippen LogP contribution is 2.46. The van der Waals surface area contributed by atoms with Crippen LogP contribution in [0.3, 0.4) is 0 Å². The monoisotopic (exact) mass is 237 g/mol. The van der Waals surface area contributed by atoms with E-state index >= 15 is 0 Å². The average Bonchev–Trinajstić information content (AvgIpc) is 2.94. The molecule has 0 bridgehead atoms. The van der Waals surface area contributed by atoms with Gasteiger partial charge in [-0.15, -0.1) is 0 Å². The van der Waals surface area contributed by atoms with Crippen LogP contribution in [0, 0.1) is 0 Å². The largest absolute Gasteiger partial charge is 0.314 e. The highest BCUT2D eigenvalue weighted by molar-refractivity contribution is 8.00. The summed E-state index contributed by atoms with van der Waals surface area (Å²) in [6, 6.07) is 0. The number of hydrogen-bond donors (Lipinski definition) is 1. The van der Waals surface area contributed by atoms with Gasteiger partial charge in [-0.05, 0) is 19.1 Å². The summed E-state index contributed by atoms with van der Waals surface area (Å²) in [6.45, 7) is 3.24. The molecule has 0 spiro atoms. The first-order chi connectivity index (χ1) is 6.54. The van der Waals surface area contributed by atoms with Crippen molar-refractivity contribution in [3.8, 4) is 0 Å². The van der Waals surface area contributed by atoms with Crippen molar-refractivity contribution in [3.05, 3.63) is 0 Å². The molecule has 5 heteroatoms. The zero-order valence-corrected chi connectivity index (χ0v) is 10.5. The minimum atomic E-state index is -2.79. The van der Waals surface area contributed by atoms with Crippen LogP contribution in [0.25, 0.3) is 0 Å². The highest BCUT2D eigenvalue weighted by Gasteiger charge is 2.41. The van der Waals surface area contributed by atoms with Gasteiger partial charge in [0.1, 0.15) is 0 Å². The lowest BCUT2D eigenvalue weighted by molar-refractivity contribution is 0.591. The Hall–Kier alpha value is 0.260. The zero-order valence-electron chi connectivity index (χ0n) is 8.88. The van der Waals surface area contributed by atoms with Crippen molar-refractivity contribution in [1.29, 1.82) is 0 Å². The smallest absolute Gasteiger partial charge is 0.151 e. The van der Waals surface area contributed by atoms with Gasteiger partial charge in [0.25, 0.3) is 0 Å². The minimum absolute atomic E-state index is 0.252. The van der Waals surface area contributed by atoms with Gasteiger partial charge in [0.15, 0.2) is 9.84 Å². The molecule has 3 nitrogen and oxygen atoms in total. The third-order valence-electron chi connectivity index (χ3n) is 2.72. The Kier molecular flexibility index (Phi) is 4.28. The summed E-state index contributed by atoms with van der Waals surface area (Å²) in [5.41, 5.74) is 0. The predicted molar refractivity (Wildman–Crippen MR) is 62.7 cm³/mol. The molecular formula is C9H19NO2S2. The first-order valence-electron chi connectivity index (χ1n) is 5.00. The topological polar surface area (TPSA) is 46.2 Å². The molecule has 0 unspecified atom stereocenters. The van der Waals surface area contributed by atoms with Crippen molar-refractivity contribution in [1.82, 2.24) is 5.32 Å². The van der Waals surface area contributed by atoms with Crippen LogP contribution in [0.1, 0.15) is 19.8 Å². The average molecular weight is 237 g/mol. The van der Waals surface area contributed by atoms with E-state index in [2.05, 4.69) is 11.6 Å². The summed E-state index contributed by atoms with van der Waals surface area (Å²) in [6.07, 6.45) is 4.65. The molecule has 1 fully saturated rings. The third kappa shape index (κ3) is 3.79. The van der Waals surface area contributed by atoms with E-state index in [-0.39, 0.29) is 11.5 Å². The van der Waals surface area contributed by atoms with E-state index in [0.717, 1.165) is 6.54 Å². The van der Waals surface area contributed by atoms with E-state index in [1.807, 2.05) is 11.8 Å². The molecule has 0 aromatic heterocycles. The van der Waals surface area contributed by atoms with Gasteiger partial charge < -0.3 is 5.32 Å². The first kappa shape index (κ1) is 12.3. The molecule has 84 valence electrons. The van der Waals surface area contributed by atoms with Crippen molar-refractivity contribution in [2.24, 2.45) is 0 Å². The summed E-state index contributed by atoms with van der Waals surface area (Å²) < 4.78 is 22.8. The van der Waals surface area contributed by atoms with Gasteiger partial charge >= 0.3 is 0 Å². The van der Waals surface area contributed by atoms with Gasteiger partial charge in [-0.2, -0.15) is 11.8 Å². The van der Waals surface area contributed by atoms with Crippen molar-refractivity contribution >= 4 is 21.6 Å². The quantitative estimate of drug-likeness (QED) is 0.669. The second kappa shape index (κ2) is 4.86. The molecule has 0 aromatic rings. The summed E-state index contributed by atoms with van der Waals surface area (Å²) in [4.78, 5) is 0. The molecule has 1 N–H and O–H groups in total. The van der Waals surface area contributed by atoms with Crippen LogP contribution in [0.15, 0.2) is 0 Å². The Bertz CT molecular complexity index is 271. The standard InChI is InChI=1S/C9H19NO2S2/c1-3-14(11,12)7-6-10-8-9(13-2)4-5-9/h10H,3-8H2,1-2H3. The molecule has 0 atom stereocenters. The van der Waals surface area contributed by atoms with Crippen molar-refractivity contribution in [2.45, 2.75) is 24.5 Å². The molecule has 1 aliphatic rings. The summed E-state index contributed by atoms with van der Waals surface area (Å²) in [5, 5.41) is 3.23. The van der Waals surface area contributed by atoms with Crippen LogP contribution < -0.4 is 5.32 Å². The van der Waals surface area contributed by atoms with Crippen LogP contribution in [0.4, 0.5) is 0 Å². The molecule has 0 radical (unpaired) electrons. The molecule has 14 heavy (non-hydrogen) atoms. The fraction of sp³-hybridized carbons (Fsp3) is 1.00. The molecule has 0 aromatic carbocycles. The van der Waals surface area contributed by atoms with Gasteiger partial charge in [0.2, 0.25) is 0 Å². The van der Waals surface area contributed by atoms with Crippen molar-refractivity contribution in [2.75, 3.05) is 30.9 Å². The lowest BCUT2D eigenvalue weighted by Crippen LogP contribution is -2.30. The number of hydrogen-bond acceptors (Lipinski definition) is 4. The van der Waals surface area contributed by atoms with Gasteiger partial charge in [-0.3, -0.25) is 0 Å². The maximum Gasteiger partial charge on any atom is 0.151 e. The SMILES string of the molecule is CCS(=O)(=O)CCNCC1(SC)CC1. The lowest BCUT2D eigenvalue weighted by atomic mass is 10.4. The Labute approximate surface area is 91.0 Å². The van der Waals surface area contributed by atoms with Crippen LogP contribution in [0.5, 0.6) is 0 Å². The minimum Gasteiger partial charge on any atom is -0.314 e. The highest BCUT2D eigenvalue weighted by atomic mass is 32.2. The zero-order chi connectivity index (χ0) is 10.7. The molecule has 1 aliphatic carbocycles. The Balaban J connectivity index is 2.11. The van der Waals surface area contributed by atoms with Crippen LogP contribution in [-0.4, -0.2) is 44.0 Å². The number of rotatable bonds is 7. The molecule has 1 saturated carbocycles. The van der Waals surface area contributed by atoms with E-state index in [9.17, 15) is 8.42 Å². The van der Waals surface area contributed by atoms with Gasteiger partial charge in [0.05, 0.1) is 5.75 Å². The number of nitrogens with one attached hydrogen (secondary N) is 1. The van der Waals surface area contributed by atoms with E-state index < -0.39 is 9.84 Å². The van der Waals surface area contributed by atoms with Crippen LogP contribution >= 0.6 is 11.8 Å². The molecular weight excluding hydrogens is 218 g/mol. The van der Waals surface area contributed by atoms with E-state index in [1.165, 1.54) is 12.8 Å². The lowest BCUT2D eigenvalue weighted by Gasteiger charge is -2.12. The molecule has 0 saturated heterocycles. The molecule has 0 amide bonds. The second-order valence-electron chi connectivity index (χ2n) is 3.80. The Morgan fingerprint density at radius 3 is 2.50 bits per heavy atom. The molecule has 1 rings (SSSR count). The Morgan fingerprint density at radius 1 is 1.43 bits per heavy atom. The Morgan fingerprint density at radius 2 is 2.07 bits per heavy atom. The molecule has 0 heterocycles. The maximum absolute atomic E-state index is 11.2. The van der Waals surface area contributed by atoms with Gasteiger partial charge in [-0.1, -0.05) is 6.92 Å². The van der Waals surface area contributed by atoms with E-state index in [4.69, 9.17) is 0 Å². The normalized spacial score (nSPS) is 19.6. The number of thioether (sulfide) groups is 1. The summed E-state index contributed by atoms with van der Waals surface area (Å²) in [7, 11) is -2.79. The second-order valence-corrected chi connectivity index (χ2v) is 7.55. The van der Waals surface area contributed by atoms with E-state index in [0.29, 0.717) is 11.3 Å². The fourth-order valence-corrected chi connectivity index (χ4v) is 2.78. The van der Waals surface area contributed by atoms with Gasteiger partial charge in [-0.25, -0.2) is 8.42 Å². The first-order valence-corrected chi connectivity index (χ1v) is 8.04.